The highest BCUT2D eigenvalue weighted by Gasteiger charge is 2.39. The minimum Gasteiger partial charge on any atom is -0.497 e. The van der Waals surface area contributed by atoms with Gasteiger partial charge in [-0.25, -0.2) is 0 Å². The van der Waals surface area contributed by atoms with Gasteiger partial charge in [-0.3, -0.25) is 4.79 Å². The molecular weight excluding hydrogens is 302 g/mol. The Labute approximate surface area is 142 Å². The van der Waals surface area contributed by atoms with E-state index in [-0.39, 0.29) is 17.9 Å². The molecule has 1 amide bonds. The molecule has 2 unspecified atom stereocenters. The van der Waals surface area contributed by atoms with Gasteiger partial charge >= 0.3 is 0 Å². The summed E-state index contributed by atoms with van der Waals surface area (Å²) in [7, 11) is 1.62. The molecule has 0 saturated carbocycles. The number of amides is 1. The Bertz CT molecular complexity index is 767. The van der Waals surface area contributed by atoms with Gasteiger partial charge in [0.15, 0.2) is 0 Å². The van der Waals surface area contributed by atoms with Crippen LogP contribution in [0.2, 0.25) is 0 Å². The molecule has 0 radical (unpaired) electrons. The number of fused-ring (bicyclic) bond motifs is 1. The van der Waals surface area contributed by atoms with Crippen LogP contribution in [0.5, 0.6) is 5.75 Å². The van der Waals surface area contributed by atoms with Crippen LogP contribution in [0.3, 0.4) is 0 Å². The lowest BCUT2D eigenvalue weighted by Crippen LogP contribution is -2.37. The molecule has 0 saturated heterocycles. The molecule has 2 atom stereocenters. The summed E-state index contributed by atoms with van der Waals surface area (Å²) < 4.78 is 5.30. The number of anilines is 1. The van der Waals surface area contributed by atoms with Crippen LogP contribution in [0.15, 0.2) is 42.5 Å². The summed E-state index contributed by atoms with van der Waals surface area (Å²) in [5, 5.41) is 0. The molecule has 2 aromatic carbocycles. The molecule has 0 aromatic heterocycles. The van der Waals surface area contributed by atoms with E-state index in [1.54, 1.807) is 12.0 Å². The van der Waals surface area contributed by atoms with E-state index in [1.165, 1.54) is 0 Å². The minimum atomic E-state index is -0.0777. The zero-order chi connectivity index (χ0) is 17.3. The van der Waals surface area contributed by atoms with Crippen molar-refractivity contribution in [2.24, 2.45) is 0 Å². The zero-order valence-corrected chi connectivity index (χ0v) is 14.2. The largest absolute Gasteiger partial charge is 0.497 e. The fourth-order valence-electron chi connectivity index (χ4n) is 3.39. The molecule has 0 bridgehead atoms. The lowest BCUT2D eigenvalue weighted by atomic mass is 9.93. The molecule has 4 heteroatoms. The van der Waals surface area contributed by atoms with Crippen molar-refractivity contribution in [2.75, 3.05) is 12.0 Å². The Morgan fingerprint density at radius 1 is 1.21 bits per heavy atom. The van der Waals surface area contributed by atoms with Gasteiger partial charge in [0.1, 0.15) is 12.0 Å². The molecule has 0 N–H and O–H groups in total. The molecule has 2 aromatic rings. The first-order chi connectivity index (χ1) is 11.6. The smallest absolute Gasteiger partial charge is 0.258 e. The molecule has 1 aliphatic rings. The van der Waals surface area contributed by atoms with Crippen LogP contribution >= 0.6 is 0 Å². The van der Waals surface area contributed by atoms with Crippen LogP contribution in [0.25, 0.3) is 0 Å². The van der Waals surface area contributed by atoms with E-state index in [4.69, 9.17) is 4.74 Å². The second-order valence-corrected chi connectivity index (χ2v) is 6.22. The van der Waals surface area contributed by atoms with Crippen LogP contribution in [-0.4, -0.2) is 25.3 Å². The summed E-state index contributed by atoms with van der Waals surface area (Å²) in [5.74, 6) is 0.686. The van der Waals surface area contributed by atoms with Crippen molar-refractivity contribution in [3.05, 3.63) is 59.2 Å². The highest BCUT2D eigenvalue weighted by Crippen LogP contribution is 2.44. The minimum absolute atomic E-state index is 0.0120. The van der Waals surface area contributed by atoms with E-state index >= 15 is 0 Å². The summed E-state index contributed by atoms with van der Waals surface area (Å²) in [6.45, 7) is 3.99. The van der Waals surface area contributed by atoms with Gasteiger partial charge in [0.2, 0.25) is 0 Å². The van der Waals surface area contributed by atoms with Gasteiger partial charge in [-0.05, 0) is 49.7 Å². The van der Waals surface area contributed by atoms with E-state index in [9.17, 15) is 9.59 Å². The summed E-state index contributed by atoms with van der Waals surface area (Å²) >= 11 is 0. The average molecular weight is 323 g/mol. The first-order valence-corrected chi connectivity index (χ1v) is 8.08. The summed E-state index contributed by atoms with van der Waals surface area (Å²) in [6, 6.07) is 13.2. The van der Waals surface area contributed by atoms with Gasteiger partial charge in [0, 0.05) is 29.6 Å². The third kappa shape index (κ3) is 2.68. The molecule has 3 rings (SSSR count). The van der Waals surface area contributed by atoms with E-state index in [0.29, 0.717) is 12.0 Å². The number of aryl methyl sites for hydroxylation is 1. The number of rotatable bonds is 4. The number of hydrogen-bond acceptors (Lipinski definition) is 3. The quantitative estimate of drug-likeness (QED) is 0.806. The maximum absolute atomic E-state index is 13.0. The Morgan fingerprint density at radius 2 is 1.92 bits per heavy atom. The predicted molar refractivity (Wildman–Crippen MR) is 93.9 cm³/mol. The van der Waals surface area contributed by atoms with Gasteiger partial charge in [-0.15, -0.1) is 0 Å². The molecule has 0 fully saturated rings. The number of ether oxygens (including phenoxy) is 1. The van der Waals surface area contributed by atoms with E-state index in [2.05, 4.69) is 0 Å². The van der Waals surface area contributed by atoms with Crippen LogP contribution in [-0.2, 0) is 4.79 Å². The number of carbonyl (C=O) groups excluding carboxylic acids is 2. The van der Waals surface area contributed by atoms with Crippen molar-refractivity contribution < 1.29 is 14.3 Å². The summed E-state index contributed by atoms with van der Waals surface area (Å²) in [4.78, 5) is 26.0. The number of carbonyl (C=O) groups is 2. The highest BCUT2D eigenvalue weighted by atomic mass is 16.5. The van der Waals surface area contributed by atoms with Crippen LogP contribution in [0.4, 0.5) is 5.69 Å². The molecule has 4 nitrogen and oxygen atoms in total. The van der Waals surface area contributed by atoms with Crippen LogP contribution < -0.4 is 9.64 Å². The Morgan fingerprint density at radius 3 is 2.54 bits per heavy atom. The monoisotopic (exact) mass is 323 g/mol. The molecule has 0 aliphatic carbocycles. The van der Waals surface area contributed by atoms with Crippen molar-refractivity contribution in [3.8, 4) is 5.75 Å². The van der Waals surface area contributed by atoms with Gasteiger partial charge < -0.3 is 14.4 Å². The molecule has 1 aliphatic heterocycles. The third-order valence-corrected chi connectivity index (χ3v) is 4.75. The van der Waals surface area contributed by atoms with Crippen molar-refractivity contribution in [3.63, 3.8) is 0 Å². The SMILES string of the molecule is COc1ccc2c(c1)C(CC=O)C(C)N2C(=O)c1ccc(C)cc1. The van der Waals surface area contributed by atoms with Crippen molar-refractivity contribution in [1.29, 1.82) is 0 Å². The normalized spacial score (nSPS) is 19.0. The van der Waals surface area contributed by atoms with Crippen molar-refractivity contribution in [2.45, 2.75) is 32.2 Å². The van der Waals surface area contributed by atoms with Gasteiger partial charge in [-0.1, -0.05) is 17.7 Å². The average Bonchev–Trinajstić information content (AvgIpc) is 2.86. The molecule has 1 heterocycles. The van der Waals surface area contributed by atoms with Gasteiger partial charge in [0.25, 0.3) is 5.91 Å². The first kappa shape index (κ1) is 16.2. The maximum atomic E-state index is 13.0. The van der Waals surface area contributed by atoms with E-state index in [1.807, 2.05) is 56.3 Å². The highest BCUT2D eigenvalue weighted by molar-refractivity contribution is 6.08. The van der Waals surface area contributed by atoms with E-state index in [0.717, 1.165) is 28.8 Å². The van der Waals surface area contributed by atoms with Crippen molar-refractivity contribution in [1.82, 2.24) is 0 Å². The topological polar surface area (TPSA) is 46.6 Å². The lowest BCUT2D eigenvalue weighted by molar-refractivity contribution is -0.108. The standard InChI is InChI=1S/C20H21NO3/c1-13-4-6-15(7-5-13)20(23)21-14(2)17(10-11-22)18-12-16(24-3)8-9-19(18)21/h4-9,11-12,14,17H,10H2,1-3H3. The second kappa shape index (κ2) is 6.48. The molecule has 0 spiro atoms. The zero-order valence-electron chi connectivity index (χ0n) is 14.2. The van der Waals surface area contributed by atoms with Gasteiger partial charge in [-0.2, -0.15) is 0 Å². The van der Waals surface area contributed by atoms with E-state index < -0.39 is 0 Å². The Hall–Kier alpha value is -2.62. The molecule has 24 heavy (non-hydrogen) atoms. The Balaban J connectivity index is 2.04. The Kier molecular flexibility index (Phi) is 4.38. The third-order valence-electron chi connectivity index (χ3n) is 4.75. The second-order valence-electron chi connectivity index (χ2n) is 6.22. The number of hydrogen-bond donors (Lipinski definition) is 0. The molecular formula is C20H21NO3. The fraction of sp³-hybridized carbons (Fsp3) is 0.300. The number of methoxy groups -OCH3 is 1. The van der Waals surface area contributed by atoms with Crippen LogP contribution in [0, 0.1) is 6.92 Å². The predicted octanol–water partition coefficient (Wildman–Crippen LogP) is 3.73. The first-order valence-electron chi connectivity index (χ1n) is 8.08. The molecule has 124 valence electrons. The number of aldehydes is 1. The fourth-order valence-corrected chi connectivity index (χ4v) is 3.39. The summed E-state index contributed by atoms with van der Waals surface area (Å²) in [5.41, 5.74) is 3.63. The number of benzene rings is 2. The maximum Gasteiger partial charge on any atom is 0.258 e. The number of nitrogens with zero attached hydrogens (tertiary/aromatic N) is 1. The summed E-state index contributed by atoms with van der Waals surface area (Å²) in [6.07, 6.45) is 1.31. The van der Waals surface area contributed by atoms with Crippen molar-refractivity contribution >= 4 is 17.9 Å². The van der Waals surface area contributed by atoms with Crippen LogP contribution in [0.1, 0.15) is 40.7 Å². The lowest BCUT2D eigenvalue weighted by Gasteiger charge is -2.25. The van der Waals surface area contributed by atoms with Gasteiger partial charge in [0.05, 0.1) is 7.11 Å².